The Morgan fingerprint density at radius 2 is 1.84 bits per heavy atom. The van der Waals surface area contributed by atoms with Crippen molar-refractivity contribution in [2.75, 3.05) is 5.32 Å². The molecule has 2 rings (SSSR count). The van der Waals surface area contributed by atoms with Crippen LogP contribution >= 0.6 is 11.6 Å². The summed E-state index contributed by atoms with van der Waals surface area (Å²) in [6, 6.07) is 13.1. The summed E-state index contributed by atoms with van der Waals surface area (Å²) in [5.41, 5.74) is 2.60. The maximum atomic E-state index is 13.5. The summed E-state index contributed by atoms with van der Waals surface area (Å²) in [4.78, 5) is 0. The molecular weight excluding hydrogens is 261 g/mol. The molecule has 1 N–H and O–H groups in total. The van der Waals surface area contributed by atoms with E-state index in [1.54, 1.807) is 13.0 Å². The molecule has 0 amide bonds. The molecule has 2 aromatic carbocycles. The third-order valence-electron chi connectivity index (χ3n) is 3.19. The molecular formula is C16H17ClFN. The van der Waals surface area contributed by atoms with Crippen molar-refractivity contribution in [3.63, 3.8) is 0 Å². The Morgan fingerprint density at radius 3 is 2.42 bits per heavy atom. The molecule has 0 fully saturated rings. The van der Waals surface area contributed by atoms with Crippen LogP contribution in [0.1, 0.15) is 30.5 Å². The van der Waals surface area contributed by atoms with Crippen LogP contribution in [-0.4, -0.2) is 0 Å². The fraction of sp³-hybridized carbons (Fsp3) is 0.250. The molecule has 0 bridgehead atoms. The molecule has 19 heavy (non-hydrogen) atoms. The number of rotatable bonds is 4. The molecule has 0 radical (unpaired) electrons. The molecule has 0 aliphatic carbocycles. The molecule has 1 unspecified atom stereocenters. The summed E-state index contributed by atoms with van der Waals surface area (Å²) >= 11 is 5.89. The second-order valence-corrected chi connectivity index (χ2v) is 5.06. The van der Waals surface area contributed by atoms with Crippen molar-refractivity contribution in [2.24, 2.45) is 0 Å². The highest BCUT2D eigenvalue weighted by atomic mass is 35.5. The van der Waals surface area contributed by atoms with E-state index in [4.69, 9.17) is 11.6 Å². The van der Waals surface area contributed by atoms with Crippen LogP contribution in [0.5, 0.6) is 0 Å². The molecule has 2 aromatic rings. The number of benzene rings is 2. The molecule has 0 aliphatic heterocycles. The van der Waals surface area contributed by atoms with Gasteiger partial charge in [0.1, 0.15) is 5.82 Å². The van der Waals surface area contributed by atoms with Crippen LogP contribution in [0.15, 0.2) is 42.5 Å². The van der Waals surface area contributed by atoms with Gasteiger partial charge in [0.25, 0.3) is 0 Å². The van der Waals surface area contributed by atoms with Gasteiger partial charge in [-0.05, 0) is 48.7 Å². The van der Waals surface area contributed by atoms with Gasteiger partial charge in [-0.3, -0.25) is 0 Å². The number of nitrogens with one attached hydrogen (secondary N) is 1. The van der Waals surface area contributed by atoms with Crippen molar-refractivity contribution in [1.82, 2.24) is 0 Å². The fourth-order valence-electron chi connectivity index (χ4n) is 2.00. The number of halogens is 2. The van der Waals surface area contributed by atoms with Crippen molar-refractivity contribution in [3.05, 3.63) is 64.4 Å². The quantitative estimate of drug-likeness (QED) is 0.794. The van der Waals surface area contributed by atoms with Crippen molar-refractivity contribution in [1.29, 1.82) is 0 Å². The van der Waals surface area contributed by atoms with E-state index >= 15 is 0 Å². The first-order chi connectivity index (χ1) is 9.10. The Labute approximate surface area is 118 Å². The van der Waals surface area contributed by atoms with Crippen LogP contribution in [0.25, 0.3) is 0 Å². The Morgan fingerprint density at radius 1 is 1.16 bits per heavy atom. The van der Waals surface area contributed by atoms with E-state index in [0.29, 0.717) is 5.56 Å². The predicted molar refractivity (Wildman–Crippen MR) is 79.2 cm³/mol. The molecule has 3 heteroatoms. The van der Waals surface area contributed by atoms with E-state index < -0.39 is 0 Å². The lowest BCUT2D eigenvalue weighted by atomic mass is 10.0. The lowest BCUT2D eigenvalue weighted by molar-refractivity contribution is 0.618. The standard InChI is InChI=1S/C16H17ClFN/c1-3-16(12-5-7-13(17)8-6-12)19-14-9-4-11(2)15(18)10-14/h4-10,16,19H,3H2,1-2H3. The van der Waals surface area contributed by atoms with Crippen LogP contribution in [0.4, 0.5) is 10.1 Å². The smallest absolute Gasteiger partial charge is 0.128 e. The maximum Gasteiger partial charge on any atom is 0.128 e. The van der Waals surface area contributed by atoms with Gasteiger partial charge in [0.15, 0.2) is 0 Å². The van der Waals surface area contributed by atoms with Gasteiger partial charge in [0.2, 0.25) is 0 Å². The van der Waals surface area contributed by atoms with Gasteiger partial charge >= 0.3 is 0 Å². The fourth-order valence-corrected chi connectivity index (χ4v) is 2.13. The number of aryl methyl sites for hydroxylation is 1. The van der Waals surface area contributed by atoms with Crippen molar-refractivity contribution < 1.29 is 4.39 Å². The minimum atomic E-state index is -0.184. The Balaban J connectivity index is 2.18. The minimum absolute atomic E-state index is 0.152. The van der Waals surface area contributed by atoms with Crippen LogP contribution in [0, 0.1) is 12.7 Å². The SMILES string of the molecule is CCC(Nc1ccc(C)c(F)c1)c1ccc(Cl)cc1. The largest absolute Gasteiger partial charge is 0.378 e. The summed E-state index contributed by atoms with van der Waals surface area (Å²) in [6.45, 7) is 3.85. The predicted octanol–water partition coefficient (Wildman–Crippen LogP) is 5.35. The topological polar surface area (TPSA) is 12.0 Å². The zero-order valence-corrected chi connectivity index (χ0v) is 11.8. The first kappa shape index (κ1) is 13.9. The van der Waals surface area contributed by atoms with E-state index in [-0.39, 0.29) is 11.9 Å². The molecule has 0 aromatic heterocycles. The van der Waals surface area contributed by atoms with E-state index in [1.807, 2.05) is 30.3 Å². The Bertz CT molecular complexity index is 551. The molecule has 0 saturated heterocycles. The average molecular weight is 278 g/mol. The van der Waals surface area contributed by atoms with Crippen molar-refractivity contribution in [2.45, 2.75) is 26.3 Å². The van der Waals surface area contributed by atoms with Gasteiger partial charge in [0, 0.05) is 10.7 Å². The van der Waals surface area contributed by atoms with Crippen LogP contribution in [0.2, 0.25) is 5.02 Å². The molecule has 1 nitrogen and oxygen atoms in total. The number of hydrogen-bond donors (Lipinski definition) is 1. The van der Waals surface area contributed by atoms with E-state index in [9.17, 15) is 4.39 Å². The number of hydrogen-bond acceptors (Lipinski definition) is 1. The molecule has 1 atom stereocenters. The summed E-state index contributed by atoms with van der Waals surface area (Å²) < 4.78 is 13.5. The molecule has 0 spiro atoms. The second kappa shape index (κ2) is 6.07. The van der Waals surface area contributed by atoms with E-state index in [1.165, 1.54) is 6.07 Å². The molecule has 0 saturated carbocycles. The van der Waals surface area contributed by atoms with Crippen LogP contribution in [0.3, 0.4) is 0 Å². The summed E-state index contributed by atoms with van der Waals surface area (Å²) in [5.74, 6) is -0.184. The highest BCUT2D eigenvalue weighted by Gasteiger charge is 2.09. The zero-order valence-electron chi connectivity index (χ0n) is 11.1. The van der Waals surface area contributed by atoms with Crippen LogP contribution < -0.4 is 5.32 Å². The van der Waals surface area contributed by atoms with Gasteiger partial charge in [-0.15, -0.1) is 0 Å². The van der Waals surface area contributed by atoms with E-state index in [2.05, 4.69) is 12.2 Å². The average Bonchev–Trinajstić information content (AvgIpc) is 2.41. The third-order valence-corrected chi connectivity index (χ3v) is 3.45. The van der Waals surface area contributed by atoms with Gasteiger partial charge in [-0.25, -0.2) is 4.39 Å². The van der Waals surface area contributed by atoms with Gasteiger partial charge in [-0.2, -0.15) is 0 Å². The first-order valence-corrected chi connectivity index (χ1v) is 6.76. The maximum absolute atomic E-state index is 13.5. The molecule has 0 aliphatic rings. The zero-order chi connectivity index (χ0) is 13.8. The summed E-state index contributed by atoms with van der Waals surface area (Å²) in [6.07, 6.45) is 0.914. The van der Waals surface area contributed by atoms with Crippen molar-refractivity contribution in [3.8, 4) is 0 Å². The Hall–Kier alpha value is -1.54. The molecule has 0 heterocycles. The normalized spacial score (nSPS) is 12.2. The van der Waals surface area contributed by atoms with E-state index in [0.717, 1.165) is 22.7 Å². The monoisotopic (exact) mass is 277 g/mol. The summed E-state index contributed by atoms with van der Waals surface area (Å²) in [7, 11) is 0. The van der Waals surface area contributed by atoms with Gasteiger partial charge < -0.3 is 5.32 Å². The van der Waals surface area contributed by atoms with Crippen LogP contribution in [-0.2, 0) is 0 Å². The molecule has 100 valence electrons. The summed E-state index contributed by atoms with van der Waals surface area (Å²) in [5, 5.41) is 4.07. The lowest BCUT2D eigenvalue weighted by Crippen LogP contribution is -2.09. The van der Waals surface area contributed by atoms with Gasteiger partial charge in [-0.1, -0.05) is 36.7 Å². The minimum Gasteiger partial charge on any atom is -0.378 e. The highest BCUT2D eigenvalue weighted by molar-refractivity contribution is 6.30. The van der Waals surface area contributed by atoms with Crippen molar-refractivity contribution >= 4 is 17.3 Å². The first-order valence-electron chi connectivity index (χ1n) is 6.38. The number of anilines is 1. The van der Waals surface area contributed by atoms with Gasteiger partial charge in [0.05, 0.1) is 6.04 Å². The highest BCUT2D eigenvalue weighted by Crippen LogP contribution is 2.24. The Kier molecular flexibility index (Phi) is 4.43. The lowest BCUT2D eigenvalue weighted by Gasteiger charge is -2.19. The third kappa shape index (κ3) is 3.48. The second-order valence-electron chi connectivity index (χ2n) is 4.62.